The number of thiol groups is 1. The van der Waals surface area contributed by atoms with E-state index in [2.05, 4.69) is 40.3 Å². The summed E-state index contributed by atoms with van der Waals surface area (Å²) in [7, 11) is 0. The second-order valence-electron chi connectivity index (χ2n) is 5.30. The first-order chi connectivity index (χ1) is 7.06. The molecule has 90 valence electrons. The van der Waals surface area contributed by atoms with Gasteiger partial charge in [-0.1, -0.05) is 52.0 Å². The summed E-state index contributed by atoms with van der Waals surface area (Å²) >= 11 is 4.16. The number of hydrogen-bond acceptors (Lipinski definition) is 1. The van der Waals surface area contributed by atoms with Crippen LogP contribution in [0, 0.1) is 11.8 Å². The van der Waals surface area contributed by atoms with E-state index in [1.54, 1.807) is 0 Å². The molecule has 0 aliphatic rings. The third-order valence-electron chi connectivity index (χ3n) is 2.97. The molecule has 0 radical (unpaired) electrons. The van der Waals surface area contributed by atoms with Crippen LogP contribution in [-0.2, 0) is 0 Å². The summed E-state index contributed by atoms with van der Waals surface area (Å²) in [4.78, 5) is 0. The highest BCUT2D eigenvalue weighted by molar-refractivity contribution is 7.83. The molecule has 15 heavy (non-hydrogen) atoms. The van der Waals surface area contributed by atoms with Crippen LogP contribution >= 0.6 is 12.6 Å². The Morgan fingerprint density at radius 1 is 1.07 bits per heavy atom. The van der Waals surface area contributed by atoms with Crippen LogP contribution in [0.4, 0.5) is 0 Å². The number of rotatable bonds is 8. The van der Waals surface area contributed by atoms with E-state index in [9.17, 15) is 0 Å². The molecule has 1 atom stereocenters. The summed E-state index contributed by atoms with van der Waals surface area (Å²) in [6, 6.07) is 0. The molecule has 0 spiro atoms. The predicted molar refractivity (Wildman–Crippen MR) is 74.4 cm³/mol. The zero-order chi connectivity index (χ0) is 11.7. The van der Waals surface area contributed by atoms with Crippen LogP contribution in [0.5, 0.6) is 0 Å². The maximum Gasteiger partial charge on any atom is -0.0315 e. The van der Waals surface area contributed by atoms with Crippen molar-refractivity contribution in [2.75, 3.05) is 0 Å². The van der Waals surface area contributed by atoms with Crippen LogP contribution in [0.2, 0.25) is 0 Å². The molecule has 0 aromatic rings. The van der Waals surface area contributed by atoms with Crippen LogP contribution in [0.25, 0.3) is 0 Å². The number of hydrogen-bond donors (Lipinski definition) is 1. The molecule has 0 fully saturated rings. The van der Waals surface area contributed by atoms with Crippen molar-refractivity contribution in [1.82, 2.24) is 0 Å². The molecule has 0 N–H and O–H groups in total. The smallest absolute Gasteiger partial charge is 0.0315 e. The summed E-state index contributed by atoms with van der Waals surface area (Å²) < 4.78 is 0. The zero-order valence-electron chi connectivity index (χ0n) is 10.9. The number of allylic oxidation sites excluding steroid dienone is 1. The third kappa shape index (κ3) is 10.4. The normalized spacial score (nSPS) is 14.7. The van der Waals surface area contributed by atoms with Crippen molar-refractivity contribution in [2.24, 2.45) is 11.8 Å². The van der Waals surface area contributed by atoms with E-state index in [0.717, 1.165) is 11.8 Å². The average Bonchev–Trinajstić information content (AvgIpc) is 2.17. The predicted octanol–water partition coefficient (Wildman–Crippen LogP) is 5.45. The minimum absolute atomic E-state index is 0.867. The first-order valence-electron chi connectivity index (χ1n) is 6.36. The first kappa shape index (κ1) is 15.1. The van der Waals surface area contributed by atoms with Gasteiger partial charge >= 0.3 is 0 Å². The van der Waals surface area contributed by atoms with Gasteiger partial charge in [0.15, 0.2) is 0 Å². The van der Waals surface area contributed by atoms with Crippen LogP contribution in [0.15, 0.2) is 11.0 Å². The fraction of sp³-hybridized carbons (Fsp3) is 0.857. The lowest BCUT2D eigenvalue weighted by Gasteiger charge is -2.12. The molecule has 0 saturated carbocycles. The standard InChI is InChI=1S/C14H28S/c1-12(2)7-5-8-13(3)9-6-10-14(4)11-15/h11-13,15H,5-10H2,1-4H3/b14-11+. The second-order valence-corrected chi connectivity index (χ2v) is 5.56. The minimum atomic E-state index is 0.867. The molecular formula is C14H28S. The van der Waals surface area contributed by atoms with Crippen LogP contribution in [0.3, 0.4) is 0 Å². The minimum Gasteiger partial charge on any atom is -0.151 e. The lowest BCUT2D eigenvalue weighted by molar-refractivity contribution is 0.427. The molecule has 0 heterocycles. The average molecular weight is 228 g/mol. The maximum atomic E-state index is 4.16. The largest absolute Gasteiger partial charge is 0.151 e. The van der Waals surface area contributed by atoms with E-state index in [0.29, 0.717) is 0 Å². The van der Waals surface area contributed by atoms with E-state index in [4.69, 9.17) is 0 Å². The molecule has 0 nitrogen and oxygen atoms in total. The van der Waals surface area contributed by atoms with E-state index >= 15 is 0 Å². The van der Waals surface area contributed by atoms with E-state index in [-0.39, 0.29) is 0 Å². The van der Waals surface area contributed by atoms with Gasteiger partial charge in [0.25, 0.3) is 0 Å². The van der Waals surface area contributed by atoms with E-state index in [1.165, 1.54) is 44.1 Å². The lowest BCUT2D eigenvalue weighted by Crippen LogP contribution is -1.97. The molecule has 1 heteroatoms. The van der Waals surface area contributed by atoms with Crippen molar-refractivity contribution in [3.05, 3.63) is 11.0 Å². The summed E-state index contributed by atoms with van der Waals surface area (Å²) in [5, 5.41) is 1.93. The van der Waals surface area contributed by atoms with Gasteiger partial charge in [-0.15, -0.1) is 0 Å². The highest BCUT2D eigenvalue weighted by atomic mass is 32.1. The Hall–Kier alpha value is 0.0900. The highest BCUT2D eigenvalue weighted by Crippen LogP contribution is 2.19. The van der Waals surface area contributed by atoms with Crippen molar-refractivity contribution in [2.45, 2.75) is 66.2 Å². The summed E-state index contributed by atoms with van der Waals surface area (Å²) in [5.41, 5.74) is 1.41. The first-order valence-corrected chi connectivity index (χ1v) is 6.87. The van der Waals surface area contributed by atoms with Crippen LogP contribution in [0.1, 0.15) is 66.2 Å². The van der Waals surface area contributed by atoms with Gasteiger partial charge in [-0.2, -0.15) is 12.6 Å². The third-order valence-corrected chi connectivity index (χ3v) is 3.41. The van der Waals surface area contributed by atoms with Crippen molar-refractivity contribution >= 4 is 12.6 Å². The van der Waals surface area contributed by atoms with E-state index in [1.807, 2.05) is 5.41 Å². The monoisotopic (exact) mass is 228 g/mol. The van der Waals surface area contributed by atoms with Crippen LogP contribution in [-0.4, -0.2) is 0 Å². The molecule has 0 aliphatic carbocycles. The van der Waals surface area contributed by atoms with Gasteiger partial charge in [0.2, 0.25) is 0 Å². The highest BCUT2D eigenvalue weighted by Gasteiger charge is 2.03. The molecular weight excluding hydrogens is 200 g/mol. The molecule has 0 rings (SSSR count). The quantitative estimate of drug-likeness (QED) is 0.524. The van der Waals surface area contributed by atoms with Gasteiger partial charge in [0, 0.05) is 0 Å². The molecule has 0 bridgehead atoms. The lowest BCUT2D eigenvalue weighted by atomic mass is 9.95. The van der Waals surface area contributed by atoms with Gasteiger partial charge in [0.05, 0.1) is 0 Å². The van der Waals surface area contributed by atoms with Gasteiger partial charge < -0.3 is 0 Å². The zero-order valence-corrected chi connectivity index (χ0v) is 11.8. The van der Waals surface area contributed by atoms with Gasteiger partial charge in [0.1, 0.15) is 0 Å². The van der Waals surface area contributed by atoms with Crippen molar-refractivity contribution in [3.8, 4) is 0 Å². The van der Waals surface area contributed by atoms with Crippen molar-refractivity contribution in [3.63, 3.8) is 0 Å². The SMILES string of the molecule is C/C(=C\S)CCCC(C)CCCC(C)C. The Labute approximate surface area is 102 Å². The van der Waals surface area contributed by atoms with Crippen LogP contribution < -0.4 is 0 Å². The van der Waals surface area contributed by atoms with E-state index < -0.39 is 0 Å². The maximum absolute atomic E-state index is 4.16. The van der Waals surface area contributed by atoms with Gasteiger partial charge in [-0.05, 0) is 37.0 Å². The Bertz CT molecular complexity index is 170. The topological polar surface area (TPSA) is 0 Å². The van der Waals surface area contributed by atoms with Gasteiger partial charge in [-0.3, -0.25) is 0 Å². The Balaban J connectivity index is 3.37. The Kier molecular flexibility index (Phi) is 9.38. The molecule has 0 aliphatic heterocycles. The summed E-state index contributed by atoms with van der Waals surface area (Å²) in [6.45, 7) is 9.17. The Morgan fingerprint density at radius 2 is 1.67 bits per heavy atom. The van der Waals surface area contributed by atoms with Crippen molar-refractivity contribution in [1.29, 1.82) is 0 Å². The Morgan fingerprint density at radius 3 is 2.20 bits per heavy atom. The molecule has 0 amide bonds. The molecule has 1 unspecified atom stereocenters. The summed E-state index contributed by atoms with van der Waals surface area (Å²) in [6.07, 6.45) is 8.11. The fourth-order valence-corrected chi connectivity index (χ4v) is 1.94. The second kappa shape index (κ2) is 9.33. The summed E-state index contributed by atoms with van der Waals surface area (Å²) in [5.74, 6) is 1.77. The van der Waals surface area contributed by atoms with Gasteiger partial charge in [-0.25, -0.2) is 0 Å². The fourth-order valence-electron chi connectivity index (χ4n) is 1.81. The van der Waals surface area contributed by atoms with Crippen molar-refractivity contribution < 1.29 is 0 Å². The molecule has 0 aromatic heterocycles. The molecule has 0 saturated heterocycles. The molecule has 0 aromatic carbocycles.